The lowest BCUT2D eigenvalue weighted by Gasteiger charge is -2.34. The normalized spacial score (nSPS) is 22.9. The lowest BCUT2D eigenvalue weighted by Crippen LogP contribution is -2.58. The Labute approximate surface area is 116 Å². The van der Waals surface area contributed by atoms with Crippen LogP contribution in [0.5, 0.6) is 0 Å². The van der Waals surface area contributed by atoms with Crippen molar-refractivity contribution in [1.82, 2.24) is 15.3 Å². The summed E-state index contributed by atoms with van der Waals surface area (Å²) >= 11 is 0. The van der Waals surface area contributed by atoms with E-state index in [1.807, 2.05) is 6.92 Å². The van der Waals surface area contributed by atoms with Gasteiger partial charge in [0.2, 0.25) is 11.8 Å². The maximum atomic E-state index is 11.9. The highest BCUT2D eigenvalue weighted by molar-refractivity contribution is 6.04. The summed E-state index contributed by atoms with van der Waals surface area (Å²) in [6, 6.07) is 1.23. The fourth-order valence-electron chi connectivity index (χ4n) is 2.46. The first-order valence-electron chi connectivity index (χ1n) is 6.83. The zero-order valence-corrected chi connectivity index (χ0v) is 11.3. The van der Waals surface area contributed by atoms with E-state index >= 15 is 0 Å². The number of amides is 2. The second kappa shape index (κ2) is 4.73. The van der Waals surface area contributed by atoms with Crippen LogP contribution >= 0.6 is 0 Å². The van der Waals surface area contributed by atoms with Gasteiger partial charge < -0.3 is 10.6 Å². The largest absolute Gasteiger partial charge is 0.384 e. The maximum Gasteiger partial charge on any atom is 0.249 e. The third kappa shape index (κ3) is 2.31. The smallest absolute Gasteiger partial charge is 0.249 e. The minimum absolute atomic E-state index is 0.116. The van der Waals surface area contributed by atoms with Crippen molar-refractivity contribution in [2.24, 2.45) is 0 Å². The molecule has 1 aromatic heterocycles. The van der Waals surface area contributed by atoms with Gasteiger partial charge in [-0.25, -0.2) is 9.97 Å². The Morgan fingerprint density at radius 2 is 2.15 bits per heavy atom. The Morgan fingerprint density at radius 3 is 2.80 bits per heavy atom. The lowest BCUT2D eigenvalue weighted by molar-refractivity contribution is -0.132. The number of nitrogens with one attached hydrogen (secondary N) is 1. The number of aromatic nitrogens is 2. The van der Waals surface area contributed by atoms with E-state index < -0.39 is 6.04 Å². The summed E-state index contributed by atoms with van der Waals surface area (Å²) < 4.78 is 0. The summed E-state index contributed by atoms with van der Waals surface area (Å²) in [5.41, 5.74) is 5.82. The summed E-state index contributed by atoms with van der Waals surface area (Å²) in [6.07, 6.45) is 2.74. The van der Waals surface area contributed by atoms with Crippen molar-refractivity contribution in [2.75, 3.05) is 17.2 Å². The highest BCUT2D eigenvalue weighted by Crippen LogP contribution is 2.39. The second-order valence-corrected chi connectivity index (χ2v) is 5.25. The molecule has 1 aliphatic heterocycles. The standard InChI is InChI=1S/C13H17N5O2/c1-2-8-13(20)17-11(19)6-18(8)10-5-9(14)15-12(16-10)7-3-4-7/h5,7-8H,2-4,6H2,1H3,(H2,14,15,16)(H,17,19,20). The van der Waals surface area contributed by atoms with Crippen LogP contribution in [0.4, 0.5) is 11.6 Å². The highest BCUT2D eigenvalue weighted by Gasteiger charge is 2.34. The van der Waals surface area contributed by atoms with Crippen LogP contribution in [-0.4, -0.2) is 34.4 Å². The van der Waals surface area contributed by atoms with Crippen LogP contribution in [0.2, 0.25) is 0 Å². The molecule has 2 heterocycles. The molecule has 20 heavy (non-hydrogen) atoms. The number of carbonyl (C=O) groups excluding carboxylic acids is 2. The van der Waals surface area contributed by atoms with Gasteiger partial charge in [0.05, 0.1) is 6.54 Å². The summed E-state index contributed by atoms with van der Waals surface area (Å²) in [4.78, 5) is 33.9. The molecule has 1 saturated carbocycles. The topological polar surface area (TPSA) is 101 Å². The number of carbonyl (C=O) groups is 2. The van der Waals surface area contributed by atoms with Gasteiger partial charge in [-0.2, -0.15) is 0 Å². The van der Waals surface area contributed by atoms with Crippen molar-refractivity contribution in [3.05, 3.63) is 11.9 Å². The van der Waals surface area contributed by atoms with Gasteiger partial charge in [0, 0.05) is 12.0 Å². The van der Waals surface area contributed by atoms with Crippen molar-refractivity contribution < 1.29 is 9.59 Å². The van der Waals surface area contributed by atoms with Gasteiger partial charge in [0.15, 0.2) is 0 Å². The fraction of sp³-hybridized carbons (Fsp3) is 0.538. The first-order chi connectivity index (χ1) is 9.58. The third-order valence-electron chi connectivity index (χ3n) is 3.63. The van der Waals surface area contributed by atoms with E-state index in [0.29, 0.717) is 29.8 Å². The minimum atomic E-state index is -0.394. The van der Waals surface area contributed by atoms with Gasteiger partial charge in [0.25, 0.3) is 0 Å². The Kier molecular flexibility index (Phi) is 3.04. The van der Waals surface area contributed by atoms with Crippen LogP contribution in [0.3, 0.4) is 0 Å². The Bertz CT molecular complexity index is 570. The molecule has 1 aromatic rings. The van der Waals surface area contributed by atoms with Gasteiger partial charge in [-0.3, -0.25) is 14.9 Å². The number of rotatable bonds is 3. The van der Waals surface area contributed by atoms with Crippen molar-refractivity contribution in [1.29, 1.82) is 0 Å². The molecule has 0 bridgehead atoms. The molecule has 3 N–H and O–H groups in total. The predicted octanol–water partition coefficient (Wildman–Crippen LogP) is 0.178. The molecule has 106 valence electrons. The number of piperazine rings is 1. The van der Waals surface area contributed by atoms with Gasteiger partial charge >= 0.3 is 0 Å². The zero-order valence-electron chi connectivity index (χ0n) is 11.3. The number of nitrogens with two attached hydrogens (primary N) is 1. The lowest BCUT2D eigenvalue weighted by atomic mass is 10.1. The SMILES string of the molecule is CCC1C(=O)NC(=O)CN1c1cc(N)nc(C2CC2)n1. The van der Waals surface area contributed by atoms with Crippen molar-refractivity contribution >= 4 is 23.5 Å². The molecule has 2 aliphatic rings. The van der Waals surface area contributed by atoms with Crippen molar-refractivity contribution in [3.8, 4) is 0 Å². The van der Waals surface area contributed by atoms with Crippen LogP contribution in [0.25, 0.3) is 0 Å². The second-order valence-electron chi connectivity index (χ2n) is 5.25. The van der Waals surface area contributed by atoms with E-state index in [-0.39, 0.29) is 18.4 Å². The summed E-state index contributed by atoms with van der Waals surface area (Å²) in [6.45, 7) is 2.02. The van der Waals surface area contributed by atoms with Gasteiger partial charge in [-0.15, -0.1) is 0 Å². The average molecular weight is 275 g/mol. The highest BCUT2D eigenvalue weighted by atomic mass is 16.2. The number of hydrogen-bond acceptors (Lipinski definition) is 6. The number of anilines is 2. The molecule has 0 radical (unpaired) electrons. The zero-order chi connectivity index (χ0) is 14.3. The van der Waals surface area contributed by atoms with E-state index in [0.717, 1.165) is 12.8 Å². The van der Waals surface area contributed by atoms with E-state index in [1.54, 1.807) is 11.0 Å². The van der Waals surface area contributed by atoms with E-state index in [2.05, 4.69) is 15.3 Å². The molecule has 2 amide bonds. The molecule has 7 nitrogen and oxygen atoms in total. The number of nitrogens with zero attached hydrogens (tertiary/aromatic N) is 3. The molecule has 1 aliphatic carbocycles. The van der Waals surface area contributed by atoms with Gasteiger partial charge in [0.1, 0.15) is 23.5 Å². The van der Waals surface area contributed by atoms with Crippen LogP contribution in [0.1, 0.15) is 37.9 Å². The molecule has 3 rings (SSSR count). The summed E-state index contributed by atoms with van der Waals surface area (Å²) in [5.74, 6) is 1.43. The molecular formula is C13H17N5O2. The van der Waals surface area contributed by atoms with Crippen molar-refractivity contribution in [2.45, 2.75) is 38.1 Å². The number of hydrogen-bond donors (Lipinski definition) is 2. The molecule has 7 heteroatoms. The summed E-state index contributed by atoms with van der Waals surface area (Å²) in [5, 5.41) is 2.35. The van der Waals surface area contributed by atoms with Gasteiger partial charge in [-0.1, -0.05) is 6.92 Å². The molecule has 1 saturated heterocycles. The quantitative estimate of drug-likeness (QED) is 0.763. The predicted molar refractivity (Wildman–Crippen MR) is 73.0 cm³/mol. The van der Waals surface area contributed by atoms with Crippen LogP contribution in [0.15, 0.2) is 6.07 Å². The minimum Gasteiger partial charge on any atom is -0.384 e. The Morgan fingerprint density at radius 1 is 1.40 bits per heavy atom. The first-order valence-corrected chi connectivity index (χ1v) is 6.83. The first kappa shape index (κ1) is 12.8. The number of nitrogen functional groups attached to an aromatic ring is 1. The van der Waals surface area contributed by atoms with E-state index in [9.17, 15) is 9.59 Å². The molecule has 0 aromatic carbocycles. The molecule has 2 fully saturated rings. The molecule has 1 atom stereocenters. The van der Waals surface area contributed by atoms with E-state index in [1.165, 1.54) is 0 Å². The van der Waals surface area contributed by atoms with Crippen molar-refractivity contribution in [3.63, 3.8) is 0 Å². The monoisotopic (exact) mass is 275 g/mol. The van der Waals surface area contributed by atoms with Gasteiger partial charge in [-0.05, 0) is 19.3 Å². The van der Waals surface area contributed by atoms with Crippen LogP contribution in [0, 0.1) is 0 Å². The molecular weight excluding hydrogens is 258 g/mol. The van der Waals surface area contributed by atoms with E-state index in [4.69, 9.17) is 5.73 Å². The Balaban J connectivity index is 1.96. The average Bonchev–Trinajstić information content (AvgIpc) is 3.21. The molecule has 0 spiro atoms. The molecule has 1 unspecified atom stereocenters. The van der Waals surface area contributed by atoms with Crippen LogP contribution in [-0.2, 0) is 9.59 Å². The number of imide groups is 1. The summed E-state index contributed by atoms with van der Waals surface area (Å²) in [7, 11) is 0. The maximum absolute atomic E-state index is 11.9. The third-order valence-corrected chi connectivity index (χ3v) is 3.63. The fourth-order valence-corrected chi connectivity index (χ4v) is 2.46. The van der Waals surface area contributed by atoms with Crippen LogP contribution < -0.4 is 16.0 Å². The Hall–Kier alpha value is -2.18.